The number of piperazine rings is 1. The van der Waals surface area contributed by atoms with Gasteiger partial charge in [0.2, 0.25) is 5.91 Å². The van der Waals surface area contributed by atoms with Gasteiger partial charge < -0.3 is 19.4 Å². The third-order valence-electron chi connectivity index (χ3n) is 4.06. The van der Waals surface area contributed by atoms with E-state index < -0.39 is 0 Å². The van der Waals surface area contributed by atoms with Crippen molar-refractivity contribution in [1.29, 1.82) is 0 Å². The highest BCUT2D eigenvalue weighted by Gasteiger charge is 2.26. The van der Waals surface area contributed by atoms with Crippen molar-refractivity contribution in [2.75, 3.05) is 52.6 Å². The highest BCUT2D eigenvalue weighted by Crippen LogP contribution is 2.24. The first-order chi connectivity index (χ1) is 12.4. The number of benzene rings is 1. The number of carbonyl (C=O) groups excluding carboxylic acids is 3. The van der Waals surface area contributed by atoms with Crippen LogP contribution in [0, 0.1) is 0 Å². The van der Waals surface area contributed by atoms with E-state index in [1.165, 1.54) is 16.7 Å². The highest BCUT2D eigenvalue weighted by atomic mass is 32.2. The van der Waals surface area contributed by atoms with E-state index in [4.69, 9.17) is 4.74 Å². The van der Waals surface area contributed by atoms with Crippen LogP contribution in [0.3, 0.4) is 0 Å². The van der Waals surface area contributed by atoms with Crippen LogP contribution in [-0.4, -0.2) is 85.2 Å². The Kier molecular flexibility index (Phi) is 7.32. The van der Waals surface area contributed by atoms with Gasteiger partial charge in [-0.05, 0) is 19.1 Å². The van der Waals surface area contributed by atoms with Gasteiger partial charge in [0, 0.05) is 45.2 Å². The molecule has 0 saturated carbocycles. The molecule has 1 saturated heterocycles. The first-order valence-corrected chi connectivity index (χ1v) is 9.55. The topological polar surface area (TPSA) is 70.2 Å². The molecule has 26 heavy (non-hydrogen) atoms. The fourth-order valence-corrected chi connectivity index (χ4v) is 3.54. The monoisotopic (exact) mass is 379 g/mol. The van der Waals surface area contributed by atoms with Gasteiger partial charge in [-0.15, -0.1) is 11.8 Å². The molecule has 1 aromatic rings. The zero-order valence-electron chi connectivity index (χ0n) is 15.4. The summed E-state index contributed by atoms with van der Waals surface area (Å²) in [6.07, 6.45) is -0.335. The average Bonchev–Trinajstić information content (AvgIpc) is 2.66. The van der Waals surface area contributed by atoms with E-state index in [-0.39, 0.29) is 23.7 Å². The molecule has 1 heterocycles. The predicted molar refractivity (Wildman–Crippen MR) is 100 cm³/mol. The van der Waals surface area contributed by atoms with Crippen molar-refractivity contribution in [1.82, 2.24) is 14.7 Å². The van der Waals surface area contributed by atoms with E-state index >= 15 is 0 Å². The van der Waals surface area contributed by atoms with E-state index in [0.717, 1.165) is 4.90 Å². The SMILES string of the molecule is CCOC(=O)N1CCN(C(=O)c2ccccc2SCC(=O)N(C)C)CC1. The lowest BCUT2D eigenvalue weighted by molar-refractivity contribution is -0.125. The molecule has 1 fully saturated rings. The molecular weight excluding hydrogens is 354 g/mol. The Bertz CT molecular complexity index is 658. The van der Waals surface area contributed by atoms with Gasteiger partial charge in [-0.1, -0.05) is 12.1 Å². The van der Waals surface area contributed by atoms with E-state index in [2.05, 4.69) is 0 Å². The fraction of sp³-hybridized carbons (Fsp3) is 0.500. The van der Waals surface area contributed by atoms with Crippen molar-refractivity contribution in [3.63, 3.8) is 0 Å². The maximum atomic E-state index is 12.9. The molecule has 0 spiro atoms. The quantitative estimate of drug-likeness (QED) is 0.730. The van der Waals surface area contributed by atoms with E-state index in [0.29, 0.717) is 38.3 Å². The largest absolute Gasteiger partial charge is 0.450 e. The van der Waals surface area contributed by atoms with Gasteiger partial charge in [-0.25, -0.2) is 4.79 Å². The third-order valence-corrected chi connectivity index (χ3v) is 5.12. The Hall–Kier alpha value is -2.22. The minimum atomic E-state index is -0.335. The lowest BCUT2D eigenvalue weighted by Gasteiger charge is -2.34. The normalized spacial score (nSPS) is 14.1. The molecule has 0 radical (unpaired) electrons. The summed E-state index contributed by atoms with van der Waals surface area (Å²) in [5.74, 6) is 0.211. The lowest BCUT2D eigenvalue weighted by Crippen LogP contribution is -2.50. The molecule has 3 amide bonds. The van der Waals surface area contributed by atoms with Crippen molar-refractivity contribution in [3.05, 3.63) is 29.8 Å². The molecule has 1 aliphatic heterocycles. The minimum absolute atomic E-state index is 0.000280. The molecule has 0 N–H and O–H groups in total. The van der Waals surface area contributed by atoms with Gasteiger partial charge in [0.1, 0.15) is 0 Å². The number of carbonyl (C=O) groups is 3. The summed E-state index contributed by atoms with van der Waals surface area (Å²) >= 11 is 1.36. The van der Waals surface area contributed by atoms with Gasteiger partial charge in [-0.2, -0.15) is 0 Å². The minimum Gasteiger partial charge on any atom is -0.450 e. The van der Waals surface area contributed by atoms with Gasteiger partial charge in [0.25, 0.3) is 5.91 Å². The molecule has 0 aromatic heterocycles. The maximum absolute atomic E-state index is 12.9. The second-order valence-corrected chi connectivity index (χ2v) is 7.07. The van der Waals surface area contributed by atoms with Gasteiger partial charge >= 0.3 is 6.09 Å². The van der Waals surface area contributed by atoms with E-state index in [1.54, 1.807) is 36.9 Å². The third kappa shape index (κ3) is 5.14. The number of thioether (sulfide) groups is 1. The predicted octanol–water partition coefficient (Wildman–Crippen LogP) is 1.78. The second-order valence-electron chi connectivity index (χ2n) is 6.05. The van der Waals surface area contributed by atoms with Crippen molar-refractivity contribution >= 4 is 29.7 Å². The number of hydrogen-bond donors (Lipinski definition) is 0. The van der Waals surface area contributed by atoms with Crippen LogP contribution in [0.2, 0.25) is 0 Å². The molecular formula is C18H25N3O4S. The Labute approximate surface area is 158 Å². The van der Waals surface area contributed by atoms with E-state index in [9.17, 15) is 14.4 Å². The van der Waals surface area contributed by atoms with Crippen molar-refractivity contribution in [2.45, 2.75) is 11.8 Å². The number of ether oxygens (including phenoxy) is 1. The summed E-state index contributed by atoms with van der Waals surface area (Å²) < 4.78 is 5.00. The molecule has 8 heteroatoms. The highest BCUT2D eigenvalue weighted by molar-refractivity contribution is 8.00. The van der Waals surface area contributed by atoms with Crippen LogP contribution < -0.4 is 0 Å². The van der Waals surface area contributed by atoms with Crippen LogP contribution in [0.5, 0.6) is 0 Å². The standard InChI is InChI=1S/C18H25N3O4S/c1-4-25-18(24)21-11-9-20(10-12-21)17(23)14-7-5-6-8-15(14)26-13-16(22)19(2)3/h5-8H,4,9-13H2,1-3H3. The molecule has 142 valence electrons. The van der Waals surface area contributed by atoms with Crippen LogP contribution in [-0.2, 0) is 9.53 Å². The van der Waals surface area contributed by atoms with Crippen molar-refractivity contribution in [2.24, 2.45) is 0 Å². The summed E-state index contributed by atoms with van der Waals surface area (Å²) in [6, 6.07) is 7.32. The van der Waals surface area contributed by atoms with Crippen LogP contribution >= 0.6 is 11.8 Å². The molecule has 0 unspecified atom stereocenters. The number of hydrogen-bond acceptors (Lipinski definition) is 5. The zero-order chi connectivity index (χ0) is 19.1. The van der Waals surface area contributed by atoms with Crippen molar-refractivity contribution in [3.8, 4) is 0 Å². The molecule has 1 aromatic carbocycles. The summed E-state index contributed by atoms with van der Waals surface area (Å²) in [6.45, 7) is 3.96. The summed E-state index contributed by atoms with van der Waals surface area (Å²) in [5.41, 5.74) is 0.591. The van der Waals surface area contributed by atoms with Gasteiger partial charge in [-0.3, -0.25) is 9.59 Å². The maximum Gasteiger partial charge on any atom is 0.409 e. The van der Waals surface area contributed by atoms with Crippen LogP contribution in [0.1, 0.15) is 17.3 Å². The van der Waals surface area contributed by atoms with Crippen LogP contribution in [0.25, 0.3) is 0 Å². The lowest BCUT2D eigenvalue weighted by atomic mass is 10.2. The summed E-state index contributed by atoms with van der Waals surface area (Å²) in [7, 11) is 3.42. The number of amides is 3. The Morgan fingerprint density at radius 2 is 1.69 bits per heavy atom. The summed E-state index contributed by atoms with van der Waals surface area (Å²) in [4.78, 5) is 42.1. The molecule has 1 aliphatic rings. The number of nitrogens with zero attached hydrogens (tertiary/aromatic N) is 3. The average molecular weight is 379 g/mol. The Morgan fingerprint density at radius 1 is 1.08 bits per heavy atom. The van der Waals surface area contributed by atoms with Crippen molar-refractivity contribution < 1.29 is 19.1 Å². The van der Waals surface area contributed by atoms with Crippen LogP contribution in [0.15, 0.2) is 29.2 Å². The molecule has 0 aliphatic carbocycles. The Morgan fingerprint density at radius 3 is 2.31 bits per heavy atom. The number of rotatable bonds is 5. The first kappa shape index (κ1) is 20.1. The fourth-order valence-electron chi connectivity index (χ4n) is 2.51. The first-order valence-electron chi connectivity index (χ1n) is 8.57. The smallest absolute Gasteiger partial charge is 0.409 e. The molecule has 0 bridgehead atoms. The Balaban J connectivity index is 2.00. The molecule has 2 rings (SSSR count). The second kappa shape index (κ2) is 9.47. The van der Waals surface area contributed by atoms with Gasteiger partial charge in [0.15, 0.2) is 0 Å². The van der Waals surface area contributed by atoms with E-state index in [1.807, 2.05) is 18.2 Å². The molecule has 0 atom stereocenters. The van der Waals surface area contributed by atoms with Crippen LogP contribution in [0.4, 0.5) is 4.79 Å². The van der Waals surface area contributed by atoms with Gasteiger partial charge in [0.05, 0.1) is 17.9 Å². The summed E-state index contributed by atoms with van der Waals surface area (Å²) in [5, 5.41) is 0. The molecule has 7 nitrogen and oxygen atoms in total. The zero-order valence-corrected chi connectivity index (χ0v) is 16.3.